The van der Waals surface area contributed by atoms with E-state index in [9.17, 15) is 0 Å². The molecule has 0 aliphatic carbocycles. The highest BCUT2D eigenvalue weighted by Crippen LogP contribution is 2.02. The zero-order valence-electron chi connectivity index (χ0n) is 12.3. The van der Waals surface area contributed by atoms with Crippen LogP contribution in [0.25, 0.3) is 0 Å². The molecule has 1 unspecified atom stereocenters. The Morgan fingerprint density at radius 3 is 2.67 bits per heavy atom. The van der Waals surface area contributed by atoms with Gasteiger partial charge in [-0.15, -0.1) is 0 Å². The quantitative estimate of drug-likeness (QED) is 0.730. The average Bonchev–Trinajstić information content (AvgIpc) is 2.78. The van der Waals surface area contributed by atoms with Crippen LogP contribution in [-0.2, 0) is 13.6 Å². The Labute approximate surface area is 111 Å². The largest absolute Gasteiger partial charge is 0.309 e. The summed E-state index contributed by atoms with van der Waals surface area (Å²) in [6.07, 6.45) is 4.34. The van der Waals surface area contributed by atoms with Gasteiger partial charge in [0.05, 0.1) is 5.69 Å². The van der Waals surface area contributed by atoms with Gasteiger partial charge in [-0.25, -0.2) is 0 Å². The summed E-state index contributed by atoms with van der Waals surface area (Å²) in [5.74, 6) is 0. The monoisotopic (exact) mass is 252 g/mol. The Balaban J connectivity index is 2.14. The van der Waals surface area contributed by atoms with Crippen molar-refractivity contribution in [2.24, 2.45) is 7.05 Å². The molecule has 0 saturated carbocycles. The highest BCUT2D eigenvalue weighted by atomic mass is 15.3. The number of rotatable bonds is 9. The highest BCUT2D eigenvalue weighted by molar-refractivity contribution is 4.99. The standard InChI is InChI=1S/C14H28N4/c1-5-18(6-2)11-7-8-13(3)15-12-14-9-10-16-17(14)4/h9-10,13,15H,5-8,11-12H2,1-4H3. The van der Waals surface area contributed by atoms with Gasteiger partial charge in [0.15, 0.2) is 0 Å². The highest BCUT2D eigenvalue weighted by Gasteiger charge is 2.05. The first-order chi connectivity index (χ1) is 8.67. The van der Waals surface area contributed by atoms with Crippen molar-refractivity contribution in [3.05, 3.63) is 18.0 Å². The Kier molecular flexibility index (Phi) is 6.98. The smallest absolute Gasteiger partial charge is 0.0518 e. The van der Waals surface area contributed by atoms with Crippen LogP contribution in [0.4, 0.5) is 0 Å². The molecule has 4 nitrogen and oxygen atoms in total. The van der Waals surface area contributed by atoms with Crippen molar-refractivity contribution >= 4 is 0 Å². The molecule has 1 heterocycles. The van der Waals surface area contributed by atoms with Gasteiger partial charge >= 0.3 is 0 Å². The molecule has 4 heteroatoms. The van der Waals surface area contributed by atoms with Gasteiger partial charge in [0.1, 0.15) is 0 Å². The van der Waals surface area contributed by atoms with Crippen LogP contribution in [0.2, 0.25) is 0 Å². The molecule has 18 heavy (non-hydrogen) atoms. The predicted octanol–water partition coefficient (Wildman–Crippen LogP) is 2.02. The first-order valence-electron chi connectivity index (χ1n) is 7.10. The zero-order chi connectivity index (χ0) is 13.4. The Bertz CT molecular complexity index is 317. The maximum Gasteiger partial charge on any atom is 0.0518 e. The van der Waals surface area contributed by atoms with Crippen molar-refractivity contribution in [1.82, 2.24) is 20.0 Å². The van der Waals surface area contributed by atoms with Gasteiger partial charge in [-0.1, -0.05) is 13.8 Å². The van der Waals surface area contributed by atoms with E-state index in [1.54, 1.807) is 0 Å². The van der Waals surface area contributed by atoms with Crippen LogP contribution < -0.4 is 5.32 Å². The van der Waals surface area contributed by atoms with Gasteiger partial charge in [0, 0.05) is 25.8 Å². The first-order valence-corrected chi connectivity index (χ1v) is 7.10. The van der Waals surface area contributed by atoms with E-state index in [2.05, 4.69) is 42.2 Å². The molecule has 0 spiro atoms. The van der Waals surface area contributed by atoms with Gasteiger partial charge in [-0.2, -0.15) is 5.10 Å². The summed E-state index contributed by atoms with van der Waals surface area (Å²) in [4.78, 5) is 2.48. The van der Waals surface area contributed by atoms with Crippen LogP contribution in [0.1, 0.15) is 39.3 Å². The van der Waals surface area contributed by atoms with Crippen LogP contribution in [0.15, 0.2) is 12.3 Å². The fourth-order valence-electron chi connectivity index (χ4n) is 2.12. The molecule has 1 N–H and O–H groups in total. The molecule has 104 valence electrons. The number of aromatic nitrogens is 2. The SMILES string of the molecule is CCN(CC)CCCC(C)NCc1ccnn1C. The second kappa shape index (κ2) is 8.27. The topological polar surface area (TPSA) is 33.1 Å². The summed E-state index contributed by atoms with van der Waals surface area (Å²) in [7, 11) is 1.99. The third-order valence-electron chi connectivity index (χ3n) is 3.56. The summed E-state index contributed by atoms with van der Waals surface area (Å²) < 4.78 is 1.93. The van der Waals surface area contributed by atoms with E-state index in [0.717, 1.165) is 19.6 Å². The van der Waals surface area contributed by atoms with E-state index in [1.165, 1.54) is 25.1 Å². The van der Waals surface area contributed by atoms with Crippen LogP contribution >= 0.6 is 0 Å². The van der Waals surface area contributed by atoms with E-state index in [1.807, 2.05) is 17.9 Å². The molecule has 0 radical (unpaired) electrons. The third kappa shape index (κ3) is 5.19. The molecule has 1 atom stereocenters. The fourth-order valence-corrected chi connectivity index (χ4v) is 2.12. The second-order valence-corrected chi connectivity index (χ2v) is 4.90. The minimum Gasteiger partial charge on any atom is -0.309 e. The maximum absolute atomic E-state index is 4.17. The van der Waals surface area contributed by atoms with E-state index in [-0.39, 0.29) is 0 Å². The van der Waals surface area contributed by atoms with Crippen LogP contribution in [-0.4, -0.2) is 40.4 Å². The molecule has 0 bridgehead atoms. The molecule has 1 aromatic heterocycles. The van der Waals surface area contributed by atoms with E-state index in [0.29, 0.717) is 6.04 Å². The van der Waals surface area contributed by atoms with Gasteiger partial charge < -0.3 is 10.2 Å². The van der Waals surface area contributed by atoms with Crippen molar-refractivity contribution < 1.29 is 0 Å². The van der Waals surface area contributed by atoms with Crippen LogP contribution in [0.5, 0.6) is 0 Å². The summed E-state index contributed by atoms with van der Waals surface area (Å²) in [6.45, 7) is 11.2. The van der Waals surface area contributed by atoms with Gasteiger partial charge in [-0.05, 0) is 45.5 Å². The average molecular weight is 252 g/mol. The van der Waals surface area contributed by atoms with Crippen LogP contribution in [0, 0.1) is 0 Å². The molecule has 0 aromatic carbocycles. The lowest BCUT2D eigenvalue weighted by Crippen LogP contribution is -2.29. The van der Waals surface area contributed by atoms with E-state index >= 15 is 0 Å². The lowest BCUT2D eigenvalue weighted by Gasteiger charge is -2.19. The number of nitrogens with one attached hydrogen (secondary N) is 1. The Hall–Kier alpha value is -0.870. The summed E-state index contributed by atoms with van der Waals surface area (Å²) in [6, 6.07) is 2.63. The third-order valence-corrected chi connectivity index (χ3v) is 3.56. The molecule has 0 aliphatic heterocycles. The number of aryl methyl sites for hydroxylation is 1. The molecule has 1 aromatic rings. The van der Waals surface area contributed by atoms with Crippen molar-refractivity contribution in [2.45, 2.75) is 46.2 Å². The minimum absolute atomic E-state index is 0.565. The zero-order valence-corrected chi connectivity index (χ0v) is 12.3. The number of hydrogen-bond acceptors (Lipinski definition) is 3. The molecule has 0 saturated heterocycles. The van der Waals surface area contributed by atoms with Gasteiger partial charge in [-0.3, -0.25) is 4.68 Å². The maximum atomic E-state index is 4.17. The minimum atomic E-state index is 0.565. The molecule has 0 aliphatic rings. The van der Waals surface area contributed by atoms with Gasteiger partial charge in [0.2, 0.25) is 0 Å². The van der Waals surface area contributed by atoms with Crippen LogP contribution in [0.3, 0.4) is 0 Å². The molecule has 1 rings (SSSR count). The molecule has 0 amide bonds. The lowest BCUT2D eigenvalue weighted by atomic mass is 10.1. The van der Waals surface area contributed by atoms with Crippen molar-refractivity contribution in [3.8, 4) is 0 Å². The first kappa shape index (κ1) is 15.2. The molecular formula is C14H28N4. The second-order valence-electron chi connectivity index (χ2n) is 4.90. The number of hydrogen-bond donors (Lipinski definition) is 1. The van der Waals surface area contributed by atoms with E-state index < -0.39 is 0 Å². The fraction of sp³-hybridized carbons (Fsp3) is 0.786. The Morgan fingerprint density at radius 2 is 2.11 bits per heavy atom. The van der Waals surface area contributed by atoms with Gasteiger partial charge in [0.25, 0.3) is 0 Å². The molecular weight excluding hydrogens is 224 g/mol. The summed E-state index contributed by atoms with van der Waals surface area (Å²) in [5.41, 5.74) is 1.24. The van der Waals surface area contributed by atoms with E-state index in [4.69, 9.17) is 0 Å². The van der Waals surface area contributed by atoms with Crippen molar-refractivity contribution in [3.63, 3.8) is 0 Å². The molecule has 0 fully saturated rings. The lowest BCUT2D eigenvalue weighted by molar-refractivity contribution is 0.290. The van der Waals surface area contributed by atoms with Crippen molar-refractivity contribution in [2.75, 3.05) is 19.6 Å². The number of nitrogens with zero attached hydrogens (tertiary/aromatic N) is 3. The normalized spacial score (nSPS) is 13.2. The summed E-state index contributed by atoms with van der Waals surface area (Å²) >= 11 is 0. The summed E-state index contributed by atoms with van der Waals surface area (Å²) in [5, 5.41) is 7.73. The van der Waals surface area contributed by atoms with Crippen molar-refractivity contribution in [1.29, 1.82) is 0 Å². The Morgan fingerprint density at radius 1 is 1.39 bits per heavy atom. The predicted molar refractivity (Wildman–Crippen MR) is 76.5 cm³/mol.